The molecule has 0 fully saturated rings. The maximum absolute atomic E-state index is 13.4. The van der Waals surface area contributed by atoms with E-state index >= 15 is 0 Å². The van der Waals surface area contributed by atoms with Gasteiger partial charge in [0.15, 0.2) is 0 Å². The fourth-order valence-electron chi connectivity index (χ4n) is 5.94. The summed E-state index contributed by atoms with van der Waals surface area (Å²) in [4.78, 5) is 13.4. The van der Waals surface area contributed by atoms with Crippen LogP contribution in [0.15, 0.2) is 24.3 Å². The number of hydrogen-bond donors (Lipinski definition) is 0. The van der Waals surface area contributed by atoms with Crippen molar-refractivity contribution in [1.82, 2.24) is 0 Å². The number of carbonyl (C=O) groups is 1. The van der Waals surface area contributed by atoms with Crippen LogP contribution in [0.2, 0.25) is 0 Å². The van der Waals surface area contributed by atoms with Gasteiger partial charge in [-0.25, -0.2) is 4.79 Å². The van der Waals surface area contributed by atoms with Crippen LogP contribution >= 0.6 is 0 Å². The first kappa shape index (κ1) is 25.5. The minimum absolute atomic E-state index is 0.212. The van der Waals surface area contributed by atoms with Crippen LogP contribution < -0.4 is 0 Å². The predicted molar refractivity (Wildman–Crippen MR) is 152 cm³/mol. The third-order valence-corrected chi connectivity index (χ3v) is 7.78. The quantitative estimate of drug-likeness (QED) is 0.207. The Labute approximate surface area is 211 Å². The molecular formula is C33H42O2. The Bertz CT molecular complexity index is 1390. The lowest BCUT2D eigenvalue weighted by Crippen LogP contribution is -2.12. The second-order valence-corrected chi connectivity index (χ2v) is 11.9. The van der Waals surface area contributed by atoms with Crippen molar-refractivity contribution < 1.29 is 9.53 Å². The number of carbonyl (C=O) groups excluding carboxylic acids is 1. The summed E-state index contributed by atoms with van der Waals surface area (Å²) in [5, 5.41) is 7.64. The molecule has 0 heterocycles. The Hall–Kier alpha value is -2.61. The maximum Gasteiger partial charge on any atom is 0.338 e. The minimum Gasteiger partial charge on any atom is -0.465 e. The summed E-state index contributed by atoms with van der Waals surface area (Å²) in [7, 11) is 1.51. The molecule has 0 N–H and O–H groups in total. The molecule has 0 saturated carbocycles. The second kappa shape index (κ2) is 9.12. The zero-order valence-corrected chi connectivity index (χ0v) is 23.5. The van der Waals surface area contributed by atoms with Gasteiger partial charge < -0.3 is 4.74 Å². The Kier molecular flexibility index (Phi) is 6.64. The van der Waals surface area contributed by atoms with Crippen LogP contribution in [0.25, 0.3) is 32.3 Å². The van der Waals surface area contributed by atoms with E-state index in [1.807, 2.05) is 0 Å². The average molecular weight is 471 g/mol. The maximum atomic E-state index is 13.4. The van der Waals surface area contributed by atoms with Crippen molar-refractivity contribution >= 4 is 38.3 Å². The van der Waals surface area contributed by atoms with Gasteiger partial charge in [0, 0.05) is 5.39 Å². The third-order valence-electron chi connectivity index (χ3n) is 7.78. The molecule has 35 heavy (non-hydrogen) atoms. The molecule has 186 valence electrons. The largest absolute Gasteiger partial charge is 0.465 e. The number of hydrogen-bond acceptors (Lipinski definition) is 2. The highest BCUT2D eigenvalue weighted by Crippen LogP contribution is 2.48. The lowest BCUT2D eigenvalue weighted by molar-refractivity contribution is 0.0601. The zero-order chi connectivity index (χ0) is 25.9. The second-order valence-electron chi connectivity index (χ2n) is 11.9. The molecule has 0 spiro atoms. The Morgan fingerprint density at radius 3 is 1.31 bits per heavy atom. The summed E-state index contributed by atoms with van der Waals surface area (Å²) >= 11 is 0. The molecule has 2 nitrogen and oxygen atoms in total. The van der Waals surface area contributed by atoms with Crippen molar-refractivity contribution in [3.05, 3.63) is 57.6 Å². The summed E-state index contributed by atoms with van der Waals surface area (Å²) in [6, 6.07) is 9.59. The molecule has 0 radical (unpaired) electrons. The first-order valence-electron chi connectivity index (χ1n) is 13.3. The highest BCUT2D eigenvalue weighted by atomic mass is 16.5. The third kappa shape index (κ3) is 3.90. The van der Waals surface area contributed by atoms with Crippen LogP contribution in [0.4, 0.5) is 0 Å². The smallest absolute Gasteiger partial charge is 0.338 e. The van der Waals surface area contributed by atoms with E-state index in [1.54, 1.807) is 0 Å². The van der Waals surface area contributed by atoms with Gasteiger partial charge in [0.25, 0.3) is 0 Å². The van der Waals surface area contributed by atoms with Gasteiger partial charge in [-0.2, -0.15) is 0 Å². The van der Waals surface area contributed by atoms with E-state index in [9.17, 15) is 4.79 Å². The summed E-state index contributed by atoms with van der Waals surface area (Å²) in [6.07, 6.45) is 0. The molecule has 0 bridgehead atoms. The highest BCUT2D eigenvalue weighted by Gasteiger charge is 2.28. The molecule has 0 aliphatic carbocycles. The van der Waals surface area contributed by atoms with Crippen molar-refractivity contribution in [1.29, 1.82) is 0 Å². The van der Waals surface area contributed by atoms with Gasteiger partial charge in [-0.1, -0.05) is 75.3 Å². The van der Waals surface area contributed by atoms with Crippen LogP contribution in [0.3, 0.4) is 0 Å². The SMILES string of the molecule is COC(=O)c1c(C(C)C)cc2c(C(C)C)cc3c(C(C)C)cc(C(C)C)c4cc(C(C)C)c1c2c34. The van der Waals surface area contributed by atoms with Crippen molar-refractivity contribution in [2.75, 3.05) is 7.11 Å². The first-order valence-corrected chi connectivity index (χ1v) is 13.3. The summed E-state index contributed by atoms with van der Waals surface area (Å²) in [6.45, 7) is 22.6. The van der Waals surface area contributed by atoms with E-state index in [2.05, 4.69) is 93.5 Å². The summed E-state index contributed by atoms with van der Waals surface area (Å²) in [5.41, 5.74) is 7.24. The molecule has 4 rings (SSSR count). The van der Waals surface area contributed by atoms with E-state index in [4.69, 9.17) is 4.74 Å². The van der Waals surface area contributed by atoms with Gasteiger partial charge in [0.05, 0.1) is 12.7 Å². The van der Waals surface area contributed by atoms with Gasteiger partial charge >= 0.3 is 5.97 Å². The van der Waals surface area contributed by atoms with E-state index in [0.29, 0.717) is 17.8 Å². The van der Waals surface area contributed by atoms with Crippen molar-refractivity contribution in [2.24, 2.45) is 0 Å². The monoisotopic (exact) mass is 470 g/mol. The molecule has 0 unspecified atom stereocenters. The van der Waals surface area contributed by atoms with Crippen molar-refractivity contribution in [3.8, 4) is 0 Å². The summed E-state index contributed by atoms with van der Waals surface area (Å²) in [5.74, 6) is 1.45. The van der Waals surface area contributed by atoms with E-state index in [-0.39, 0.29) is 17.8 Å². The van der Waals surface area contributed by atoms with Gasteiger partial charge in [-0.3, -0.25) is 0 Å². The molecule has 0 aliphatic rings. The number of esters is 1. The molecule has 4 aromatic rings. The first-order chi connectivity index (χ1) is 16.4. The standard InChI is InChI=1S/C33H42O2/c1-16(2)21-12-22(17(3)4)27-14-24(19(7)8)30-31-28(23(18(5)6)13-26(21)29(27)31)15-25(20(9)10)32(30)33(34)35-11/h12-20H,1-11H3. The van der Waals surface area contributed by atoms with Crippen LogP contribution in [0.1, 0.15) is 137 Å². The molecule has 0 aliphatic heterocycles. The van der Waals surface area contributed by atoms with Gasteiger partial charge in [0.2, 0.25) is 0 Å². The fourth-order valence-corrected chi connectivity index (χ4v) is 5.94. The van der Waals surface area contributed by atoms with Crippen molar-refractivity contribution in [2.45, 2.75) is 98.8 Å². The molecule has 0 atom stereocenters. The van der Waals surface area contributed by atoms with Crippen LogP contribution in [-0.2, 0) is 4.74 Å². The lowest BCUT2D eigenvalue weighted by Gasteiger charge is -2.27. The van der Waals surface area contributed by atoms with Crippen LogP contribution in [0.5, 0.6) is 0 Å². The van der Waals surface area contributed by atoms with E-state index < -0.39 is 0 Å². The Balaban J connectivity index is 2.48. The Morgan fingerprint density at radius 2 is 0.886 bits per heavy atom. The number of methoxy groups -OCH3 is 1. The van der Waals surface area contributed by atoms with Crippen LogP contribution in [-0.4, -0.2) is 13.1 Å². The molecule has 4 aromatic carbocycles. The number of ether oxygens (including phenoxy) is 1. The zero-order valence-electron chi connectivity index (χ0n) is 23.5. The topological polar surface area (TPSA) is 26.3 Å². The van der Waals surface area contributed by atoms with Gasteiger partial charge in [0.1, 0.15) is 0 Å². The fraction of sp³-hybridized carbons (Fsp3) is 0.485. The molecule has 0 aromatic heterocycles. The molecule has 2 heteroatoms. The van der Waals surface area contributed by atoms with Gasteiger partial charge in [-0.15, -0.1) is 0 Å². The molecule has 0 saturated heterocycles. The van der Waals surface area contributed by atoms with Gasteiger partial charge in [-0.05, 0) is 103 Å². The number of rotatable bonds is 6. The van der Waals surface area contributed by atoms with Crippen LogP contribution in [0, 0.1) is 0 Å². The van der Waals surface area contributed by atoms with E-state index in [1.165, 1.54) is 56.3 Å². The average Bonchev–Trinajstić information content (AvgIpc) is 2.79. The predicted octanol–water partition coefficient (Wildman–Crippen LogP) is 9.99. The minimum atomic E-state index is -0.229. The summed E-state index contributed by atoms with van der Waals surface area (Å²) < 4.78 is 5.41. The Morgan fingerprint density at radius 1 is 0.514 bits per heavy atom. The van der Waals surface area contributed by atoms with E-state index in [0.717, 1.165) is 16.5 Å². The number of benzene rings is 4. The van der Waals surface area contributed by atoms with Crippen molar-refractivity contribution in [3.63, 3.8) is 0 Å². The molecular weight excluding hydrogens is 428 g/mol. The normalized spacial score (nSPS) is 12.7. The highest BCUT2D eigenvalue weighted by molar-refractivity contribution is 6.29. The lowest BCUT2D eigenvalue weighted by atomic mass is 9.76. The molecule has 0 amide bonds.